The van der Waals surface area contributed by atoms with Gasteiger partial charge in [-0.15, -0.1) is 0 Å². The van der Waals surface area contributed by atoms with Crippen molar-refractivity contribution in [3.63, 3.8) is 0 Å². The third-order valence-corrected chi connectivity index (χ3v) is 6.61. The second-order valence-electron chi connectivity index (χ2n) is 8.99. The Morgan fingerprint density at radius 1 is 1.18 bits per heavy atom. The molecule has 0 saturated carbocycles. The minimum Gasteiger partial charge on any atom is -0.495 e. The zero-order valence-corrected chi connectivity index (χ0v) is 20.0. The third-order valence-electron chi connectivity index (χ3n) is 6.61. The fraction of sp³-hybridized carbons (Fsp3) is 0.333. The Hall–Kier alpha value is -3.47. The summed E-state index contributed by atoms with van der Waals surface area (Å²) in [6.07, 6.45) is 0. The number of nitriles is 1. The highest BCUT2D eigenvalue weighted by molar-refractivity contribution is 5.91. The second-order valence-corrected chi connectivity index (χ2v) is 8.99. The predicted molar refractivity (Wildman–Crippen MR) is 130 cm³/mol. The first-order valence-corrected chi connectivity index (χ1v) is 11.2. The van der Waals surface area contributed by atoms with E-state index < -0.39 is 6.04 Å². The number of halogens is 1. The van der Waals surface area contributed by atoms with Crippen LogP contribution in [0, 0.1) is 17.1 Å². The molecule has 1 atom stereocenters. The highest BCUT2D eigenvalue weighted by Crippen LogP contribution is 2.34. The predicted octanol–water partition coefficient (Wildman–Crippen LogP) is 3.80. The number of rotatable bonds is 7. The Balaban J connectivity index is 1.68. The maximum atomic E-state index is 13.8. The number of benzene rings is 3. The highest BCUT2D eigenvalue weighted by atomic mass is 19.1. The smallest absolute Gasteiger partial charge is 0.244 e. The number of likely N-dealkylation sites (tertiary alicyclic amines) is 1. The molecule has 4 rings (SSSR count). The molecule has 1 amide bonds. The number of hydrogen-bond acceptors (Lipinski definition) is 5. The second kappa shape index (κ2) is 9.80. The summed E-state index contributed by atoms with van der Waals surface area (Å²) in [5, 5.41) is 11.5. The number of nitrogens with zero attached hydrogens (tertiary/aromatic N) is 4. The van der Waals surface area contributed by atoms with E-state index in [1.807, 2.05) is 44.4 Å². The van der Waals surface area contributed by atoms with Crippen LogP contribution in [0.1, 0.15) is 22.7 Å². The molecule has 34 heavy (non-hydrogen) atoms. The van der Waals surface area contributed by atoms with Gasteiger partial charge in [-0.05, 0) is 48.6 Å². The largest absolute Gasteiger partial charge is 0.495 e. The van der Waals surface area contributed by atoms with Crippen molar-refractivity contribution < 1.29 is 13.9 Å². The first-order valence-electron chi connectivity index (χ1n) is 11.2. The molecule has 1 heterocycles. The van der Waals surface area contributed by atoms with Gasteiger partial charge in [-0.25, -0.2) is 4.39 Å². The van der Waals surface area contributed by atoms with Gasteiger partial charge in [-0.2, -0.15) is 5.26 Å². The van der Waals surface area contributed by atoms with Gasteiger partial charge in [-0.3, -0.25) is 9.69 Å². The number of methoxy groups -OCH3 is 1. The Morgan fingerprint density at radius 3 is 2.47 bits per heavy atom. The van der Waals surface area contributed by atoms with Gasteiger partial charge in [0.1, 0.15) is 23.7 Å². The first-order chi connectivity index (χ1) is 16.3. The number of fused-ring (bicyclic) bond motifs is 1. The maximum Gasteiger partial charge on any atom is 0.244 e. The van der Waals surface area contributed by atoms with Crippen molar-refractivity contribution in [3.05, 3.63) is 77.1 Å². The van der Waals surface area contributed by atoms with Crippen LogP contribution < -0.4 is 4.74 Å². The molecule has 7 heteroatoms. The third kappa shape index (κ3) is 4.47. The average molecular weight is 461 g/mol. The fourth-order valence-electron chi connectivity index (χ4n) is 4.58. The zero-order chi connectivity index (χ0) is 24.4. The summed E-state index contributed by atoms with van der Waals surface area (Å²) < 4.78 is 19.2. The van der Waals surface area contributed by atoms with E-state index in [9.17, 15) is 14.4 Å². The van der Waals surface area contributed by atoms with Crippen LogP contribution >= 0.6 is 0 Å². The van der Waals surface area contributed by atoms with E-state index in [2.05, 4.69) is 15.9 Å². The molecule has 3 aromatic carbocycles. The van der Waals surface area contributed by atoms with E-state index in [0.717, 1.165) is 35.0 Å². The summed E-state index contributed by atoms with van der Waals surface area (Å²) in [7, 11) is 7.36. The number of carbonyl (C=O) groups excluding carboxylic acids is 1. The molecule has 0 radical (unpaired) electrons. The summed E-state index contributed by atoms with van der Waals surface area (Å²) in [5.41, 5.74) is 1.99. The number of amides is 1. The van der Waals surface area contributed by atoms with Crippen LogP contribution in [0.15, 0.2) is 54.6 Å². The van der Waals surface area contributed by atoms with E-state index in [-0.39, 0.29) is 18.3 Å². The van der Waals surface area contributed by atoms with E-state index in [1.165, 1.54) is 12.1 Å². The monoisotopic (exact) mass is 460 g/mol. The maximum absolute atomic E-state index is 13.8. The Kier molecular flexibility index (Phi) is 6.82. The molecule has 1 saturated heterocycles. The van der Waals surface area contributed by atoms with Crippen molar-refractivity contribution in [1.82, 2.24) is 14.7 Å². The molecule has 0 bridgehead atoms. The van der Waals surface area contributed by atoms with Crippen LogP contribution in [-0.2, 0) is 11.3 Å². The highest BCUT2D eigenvalue weighted by Gasteiger charge is 2.39. The lowest BCUT2D eigenvalue weighted by Gasteiger charge is -2.47. The van der Waals surface area contributed by atoms with Gasteiger partial charge in [0, 0.05) is 38.3 Å². The van der Waals surface area contributed by atoms with Crippen LogP contribution in [0.5, 0.6) is 5.75 Å². The lowest BCUT2D eigenvalue weighted by molar-refractivity contribution is -0.139. The van der Waals surface area contributed by atoms with Gasteiger partial charge in [0.15, 0.2) is 0 Å². The summed E-state index contributed by atoms with van der Waals surface area (Å²) in [5.74, 6) is 0.0655. The van der Waals surface area contributed by atoms with Gasteiger partial charge in [0.2, 0.25) is 5.91 Å². The molecule has 1 aliphatic heterocycles. The standard InChI is InChI=1S/C27H29FN4O2/c1-30(2)22-15-32(16-22)25(18-9-11-21(28)12-10-18)27(33)31(3)17-24-23-8-6-5-7-19(23)13-20(14-29)26(24)34-4/h5-13,22,25H,15-17H2,1-4H3. The Labute approximate surface area is 199 Å². The first kappa shape index (κ1) is 23.7. The van der Waals surface area contributed by atoms with Gasteiger partial charge >= 0.3 is 0 Å². The molecule has 1 fully saturated rings. The van der Waals surface area contributed by atoms with Gasteiger partial charge in [-0.1, -0.05) is 36.4 Å². The molecule has 0 spiro atoms. The van der Waals surface area contributed by atoms with E-state index in [0.29, 0.717) is 17.4 Å². The lowest BCUT2D eigenvalue weighted by atomic mass is 9.96. The van der Waals surface area contributed by atoms with Gasteiger partial charge in [0.25, 0.3) is 0 Å². The Morgan fingerprint density at radius 2 is 1.85 bits per heavy atom. The minimum absolute atomic E-state index is 0.0858. The van der Waals surface area contributed by atoms with E-state index >= 15 is 0 Å². The van der Waals surface area contributed by atoms with E-state index in [4.69, 9.17) is 4.74 Å². The van der Waals surface area contributed by atoms with Crippen molar-refractivity contribution in [3.8, 4) is 11.8 Å². The van der Waals surface area contributed by atoms with E-state index in [1.54, 1.807) is 31.2 Å². The summed E-state index contributed by atoms with van der Waals surface area (Å²) >= 11 is 0. The number of hydrogen-bond donors (Lipinski definition) is 0. The molecule has 1 unspecified atom stereocenters. The van der Waals surface area contributed by atoms with Crippen LogP contribution in [0.3, 0.4) is 0 Å². The fourth-order valence-corrected chi connectivity index (χ4v) is 4.58. The van der Waals surface area contributed by atoms with Crippen LogP contribution in [-0.4, -0.2) is 68.0 Å². The van der Waals surface area contributed by atoms with Gasteiger partial charge < -0.3 is 14.5 Å². The van der Waals surface area contributed by atoms with Crippen molar-refractivity contribution in [2.45, 2.75) is 18.6 Å². The van der Waals surface area contributed by atoms with Crippen molar-refractivity contribution in [2.75, 3.05) is 41.3 Å². The molecular formula is C27H29FN4O2. The molecule has 6 nitrogen and oxygen atoms in total. The van der Waals surface area contributed by atoms with Crippen LogP contribution in [0.25, 0.3) is 10.8 Å². The van der Waals surface area contributed by atoms with Crippen LogP contribution in [0.2, 0.25) is 0 Å². The molecule has 176 valence electrons. The molecule has 1 aliphatic rings. The summed E-state index contributed by atoms with van der Waals surface area (Å²) in [6.45, 7) is 1.79. The summed E-state index contributed by atoms with van der Waals surface area (Å²) in [6, 6.07) is 17.8. The number of ether oxygens (including phenoxy) is 1. The molecule has 0 aromatic heterocycles. The summed E-state index contributed by atoms with van der Waals surface area (Å²) in [4.78, 5) is 19.7. The minimum atomic E-state index is -0.516. The topological polar surface area (TPSA) is 59.8 Å². The van der Waals surface area contributed by atoms with Crippen LogP contribution in [0.4, 0.5) is 4.39 Å². The van der Waals surface area contributed by atoms with Gasteiger partial charge in [0.05, 0.1) is 12.7 Å². The average Bonchev–Trinajstić information content (AvgIpc) is 2.80. The molecule has 0 aliphatic carbocycles. The molecule has 0 N–H and O–H groups in total. The lowest BCUT2D eigenvalue weighted by Crippen LogP contribution is -2.60. The Bertz CT molecular complexity index is 1230. The van der Waals surface area contributed by atoms with Crippen molar-refractivity contribution in [2.24, 2.45) is 0 Å². The number of carbonyl (C=O) groups is 1. The number of likely N-dealkylation sites (N-methyl/N-ethyl adjacent to an activating group) is 2. The SMILES string of the molecule is COc1c(C#N)cc2ccccc2c1CN(C)C(=O)C(c1ccc(F)cc1)N1CC(N(C)C)C1. The quantitative estimate of drug-likeness (QED) is 0.537. The molecule has 3 aromatic rings. The van der Waals surface area contributed by atoms with Crippen molar-refractivity contribution in [1.29, 1.82) is 5.26 Å². The zero-order valence-electron chi connectivity index (χ0n) is 20.0. The normalized spacial score (nSPS) is 15.1. The van der Waals surface area contributed by atoms with Crippen molar-refractivity contribution >= 4 is 16.7 Å². The molecular weight excluding hydrogens is 431 g/mol.